The average Bonchev–Trinajstić information content (AvgIpc) is 2.38. The molecule has 0 amide bonds. The topological polar surface area (TPSA) is 9.23 Å². The molecule has 1 rings (SSSR count). The molecule has 0 heterocycles. The predicted octanol–water partition coefficient (Wildman–Crippen LogP) is 5.00. The molecule has 0 aliphatic heterocycles. The largest absolute Gasteiger partial charge is 0.368 e. The maximum atomic E-state index is 6.30. The van der Waals surface area contributed by atoms with Gasteiger partial charge in [0.15, 0.2) is 0 Å². The summed E-state index contributed by atoms with van der Waals surface area (Å²) in [5.41, 5.74) is 0. The Morgan fingerprint density at radius 1 is 1.12 bits per heavy atom. The first kappa shape index (κ1) is 15.4. The minimum absolute atomic E-state index is 0.0356. The summed E-state index contributed by atoms with van der Waals surface area (Å²) in [6.07, 6.45) is 9.30. The molecule has 0 aromatic rings. The molecule has 0 bridgehead atoms. The molecule has 1 aliphatic rings. The van der Waals surface area contributed by atoms with Crippen LogP contribution in [0.3, 0.4) is 0 Å². The second kappa shape index (κ2) is 7.10. The van der Waals surface area contributed by atoms with Crippen molar-refractivity contribution in [2.75, 3.05) is 0 Å². The van der Waals surface area contributed by atoms with Crippen LogP contribution in [-0.2, 0) is 4.74 Å². The van der Waals surface area contributed by atoms with Crippen LogP contribution in [0, 0.1) is 11.8 Å². The third kappa shape index (κ3) is 4.52. The summed E-state index contributed by atoms with van der Waals surface area (Å²) in [6, 6.07) is 0. The lowest BCUT2D eigenvalue weighted by Gasteiger charge is -2.37. The van der Waals surface area contributed by atoms with Crippen LogP contribution in [0.5, 0.6) is 0 Å². The Kier molecular flexibility index (Phi) is 6.45. The van der Waals surface area contributed by atoms with Gasteiger partial charge in [0, 0.05) is 0 Å². The van der Waals surface area contributed by atoms with Gasteiger partial charge in [0.1, 0.15) is 0 Å². The molecular weight excluding hydrogens is 227 g/mol. The Labute approximate surface area is 110 Å². The zero-order chi connectivity index (χ0) is 12.9. The third-order valence-electron chi connectivity index (χ3n) is 4.77. The van der Waals surface area contributed by atoms with E-state index >= 15 is 0 Å². The smallest absolute Gasteiger partial charge is 0.0811 e. The van der Waals surface area contributed by atoms with Crippen LogP contribution in [0.25, 0.3) is 0 Å². The molecule has 0 aromatic carbocycles. The molecule has 1 aliphatic carbocycles. The highest BCUT2D eigenvalue weighted by molar-refractivity contribution is 7.18. The molecule has 0 spiro atoms. The van der Waals surface area contributed by atoms with Crippen LogP contribution in [-0.4, -0.2) is 11.4 Å². The summed E-state index contributed by atoms with van der Waals surface area (Å²) in [5, 5.41) is 0.0356. The maximum absolute atomic E-state index is 6.30. The van der Waals surface area contributed by atoms with Crippen LogP contribution >= 0.6 is 9.24 Å². The molecule has 1 fully saturated rings. The minimum Gasteiger partial charge on any atom is -0.368 e. The summed E-state index contributed by atoms with van der Waals surface area (Å²) < 4.78 is 6.30. The van der Waals surface area contributed by atoms with Gasteiger partial charge < -0.3 is 4.74 Å². The average molecular weight is 258 g/mol. The van der Waals surface area contributed by atoms with E-state index in [4.69, 9.17) is 4.74 Å². The van der Waals surface area contributed by atoms with E-state index in [1.165, 1.54) is 32.1 Å². The Bertz CT molecular complexity index is 205. The first-order valence-corrected chi connectivity index (χ1v) is 8.09. The SMILES string of the molecule is CCC(C)C1CCC(OC(P)(CC)CC)CC1. The number of ether oxygens (including phenoxy) is 1. The Morgan fingerprint density at radius 2 is 1.65 bits per heavy atom. The third-order valence-corrected chi connectivity index (χ3v) is 5.72. The lowest BCUT2D eigenvalue weighted by Crippen LogP contribution is -2.33. The van der Waals surface area contributed by atoms with Crippen molar-refractivity contribution in [3.05, 3.63) is 0 Å². The summed E-state index contributed by atoms with van der Waals surface area (Å²) in [6.45, 7) is 9.17. The quantitative estimate of drug-likeness (QED) is 0.609. The van der Waals surface area contributed by atoms with Crippen molar-refractivity contribution in [2.24, 2.45) is 11.8 Å². The molecular formula is C15H31OP. The van der Waals surface area contributed by atoms with E-state index in [9.17, 15) is 0 Å². The van der Waals surface area contributed by atoms with Crippen LogP contribution in [0.15, 0.2) is 0 Å². The zero-order valence-electron chi connectivity index (χ0n) is 12.2. The molecule has 102 valence electrons. The molecule has 1 saturated carbocycles. The van der Waals surface area contributed by atoms with Gasteiger partial charge in [0.05, 0.1) is 11.4 Å². The van der Waals surface area contributed by atoms with Crippen LogP contribution in [0.4, 0.5) is 0 Å². The molecule has 0 radical (unpaired) electrons. The number of hydrogen-bond donors (Lipinski definition) is 0. The summed E-state index contributed by atoms with van der Waals surface area (Å²) in [5.74, 6) is 1.84. The van der Waals surface area contributed by atoms with Gasteiger partial charge in [-0.1, -0.05) is 34.1 Å². The molecule has 2 atom stereocenters. The van der Waals surface area contributed by atoms with Gasteiger partial charge in [-0.15, -0.1) is 9.24 Å². The molecule has 1 nitrogen and oxygen atoms in total. The fourth-order valence-electron chi connectivity index (χ4n) is 2.86. The fraction of sp³-hybridized carbons (Fsp3) is 1.00. The highest BCUT2D eigenvalue weighted by atomic mass is 31.0. The Balaban J connectivity index is 2.37. The maximum Gasteiger partial charge on any atom is 0.0811 e. The molecule has 0 saturated heterocycles. The van der Waals surface area contributed by atoms with Gasteiger partial charge >= 0.3 is 0 Å². The number of rotatable bonds is 6. The summed E-state index contributed by atoms with van der Waals surface area (Å²) in [7, 11) is 2.93. The molecule has 2 unspecified atom stereocenters. The lowest BCUT2D eigenvalue weighted by atomic mass is 9.79. The van der Waals surface area contributed by atoms with E-state index < -0.39 is 0 Å². The van der Waals surface area contributed by atoms with Crippen molar-refractivity contribution < 1.29 is 4.74 Å². The van der Waals surface area contributed by atoms with Gasteiger partial charge in [-0.25, -0.2) is 0 Å². The van der Waals surface area contributed by atoms with Gasteiger partial charge in [-0.05, 0) is 50.4 Å². The fourth-order valence-corrected chi connectivity index (χ4v) is 3.05. The zero-order valence-corrected chi connectivity index (χ0v) is 13.3. The predicted molar refractivity (Wildman–Crippen MR) is 79.3 cm³/mol. The van der Waals surface area contributed by atoms with Crippen LogP contribution in [0.1, 0.15) is 72.6 Å². The van der Waals surface area contributed by atoms with Crippen LogP contribution < -0.4 is 0 Å². The highest BCUT2D eigenvalue weighted by Gasteiger charge is 2.30. The van der Waals surface area contributed by atoms with E-state index in [-0.39, 0.29) is 5.34 Å². The second-order valence-electron chi connectivity index (χ2n) is 5.81. The summed E-state index contributed by atoms with van der Waals surface area (Å²) >= 11 is 0. The van der Waals surface area contributed by atoms with Crippen LogP contribution in [0.2, 0.25) is 0 Å². The molecule has 0 aromatic heterocycles. The Morgan fingerprint density at radius 3 is 2.06 bits per heavy atom. The molecule has 0 N–H and O–H groups in total. The summed E-state index contributed by atoms with van der Waals surface area (Å²) in [4.78, 5) is 0. The van der Waals surface area contributed by atoms with Crippen molar-refractivity contribution in [3.63, 3.8) is 0 Å². The van der Waals surface area contributed by atoms with Gasteiger partial charge in [-0.2, -0.15) is 0 Å². The highest BCUT2D eigenvalue weighted by Crippen LogP contribution is 2.37. The van der Waals surface area contributed by atoms with Gasteiger partial charge in [-0.3, -0.25) is 0 Å². The first-order valence-electron chi connectivity index (χ1n) is 7.51. The Hall–Kier alpha value is 0.390. The van der Waals surface area contributed by atoms with E-state index in [0.29, 0.717) is 6.10 Å². The molecule has 2 heteroatoms. The molecule has 17 heavy (non-hydrogen) atoms. The second-order valence-corrected chi connectivity index (χ2v) is 6.86. The van der Waals surface area contributed by atoms with Crippen molar-refractivity contribution in [1.82, 2.24) is 0 Å². The minimum atomic E-state index is 0.0356. The number of hydrogen-bond acceptors (Lipinski definition) is 1. The van der Waals surface area contributed by atoms with E-state index in [0.717, 1.165) is 24.7 Å². The van der Waals surface area contributed by atoms with E-state index in [2.05, 4.69) is 36.9 Å². The first-order chi connectivity index (χ1) is 8.04. The lowest BCUT2D eigenvalue weighted by molar-refractivity contribution is -0.0633. The monoisotopic (exact) mass is 258 g/mol. The van der Waals surface area contributed by atoms with Crippen molar-refractivity contribution in [2.45, 2.75) is 84.1 Å². The van der Waals surface area contributed by atoms with Crippen molar-refractivity contribution in [1.29, 1.82) is 0 Å². The van der Waals surface area contributed by atoms with Gasteiger partial charge in [0.25, 0.3) is 0 Å². The van der Waals surface area contributed by atoms with Crippen molar-refractivity contribution in [3.8, 4) is 0 Å². The van der Waals surface area contributed by atoms with Gasteiger partial charge in [0.2, 0.25) is 0 Å². The normalized spacial score (nSPS) is 28.1. The standard InChI is InChI=1S/C15H31OP/c1-5-12(4)13-8-10-14(11-9-13)16-15(17,6-2)7-3/h12-14H,5-11,17H2,1-4H3. The van der Waals surface area contributed by atoms with Crippen molar-refractivity contribution >= 4 is 9.24 Å². The van der Waals surface area contributed by atoms with E-state index in [1.807, 2.05) is 0 Å². The van der Waals surface area contributed by atoms with E-state index in [1.54, 1.807) is 0 Å².